The van der Waals surface area contributed by atoms with Crippen LogP contribution < -0.4 is 4.74 Å². The lowest BCUT2D eigenvalue weighted by Gasteiger charge is -2.13. The lowest BCUT2D eigenvalue weighted by molar-refractivity contribution is -0.160. The summed E-state index contributed by atoms with van der Waals surface area (Å²) in [6.07, 6.45) is 0.722. The number of benzene rings is 2. The maximum Gasteiger partial charge on any atom is 0.345 e. The highest BCUT2D eigenvalue weighted by atomic mass is 16.6. The Kier molecular flexibility index (Phi) is 6.27. The zero-order valence-corrected chi connectivity index (χ0v) is 14.3. The van der Waals surface area contributed by atoms with E-state index < -0.39 is 23.8 Å². The summed E-state index contributed by atoms with van der Waals surface area (Å²) < 4.78 is 9.84. The van der Waals surface area contributed by atoms with Crippen LogP contribution in [0.1, 0.15) is 11.1 Å². The van der Waals surface area contributed by atoms with Crippen molar-refractivity contribution >= 4 is 18.0 Å². The number of esters is 1. The molecule has 8 nitrogen and oxygen atoms in total. The summed E-state index contributed by atoms with van der Waals surface area (Å²) in [7, 11) is 1.40. The molecule has 2 rings (SSSR count). The number of aliphatic carboxylic acids is 1. The van der Waals surface area contributed by atoms with Gasteiger partial charge in [0.2, 0.25) is 6.10 Å². The number of phenols is 3. The third-order valence-corrected chi connectivity index (χ3v) is 3.61. The number of carbonyl (C=O) groups is 2. The normalized spacial score (nSPS) is 11.9. The molecule has 0 heterocycles. The lowest BCUT2D eigenvalue weighted by atomic mass is 10.1. The predicted molar refractivity (Wildman–Crippen MR) is 94.7 cm³/mol. The maximum atomic E-state index is 11.9. The molecule has 27 heavy (non-hydrogen) atoms. The Hall–Kier alpha value is -3.68. The van der Waals surface area contributed by atoms with E-state index in [-0.39, 0.29) is 23.7 Å². The average molecular weight is 374 g/mol. The van der Waals surface area contributed by atoms with Crippen LogP contribution in [-0.2, 0) is 20.7 Å². The molecule has 8 heteroatoms. The van der Waals surface area contributed by atoms with Gasteiger partial charge in [-0.15, -0.1) is 0 Å². The summed E-state index contributed by atoms with van der Waals surface area (Å²) in [4.78, 5) is 23.2. The largest absolute Gasteiger partial charge is 0.504 e. The Labute approximate surface area is 154 Å². The van der Waals surface area contributed by atoms with Gasteiger partial charge in [0.15, 0.2) is 23.0 Å². The number of carboxylic acids is 1. The van der Waals surface area contributed by atoms with Crippen LogP contribution >= 0.6 is 0 Å². The number of phenolic OH excluding ortho intramolecular Hbond substituents is 3. The Morgan fingerprint density at radius 2 is 1.78 bits per heavy atom. The molecule has 0 saturated heterocycles. The van der Waals surface area contributed by atoms with Crippen molar-refractivity contribution in [3.63, 3.8) is 0 Å². The van der Waals surface area contributed by atoms with Gasteiger partial charge in [-0.05, 0) is 41.5 Å². The Morgan fingerprint density at radius 3 is 2.37 bits per heavy atom. The van der Waals surface area contributed by atoms with Gasteiger partial charge in [-0.1, -0.05) is 12.1 Å². The summed E-state index contributed by atoms with van der Waals surface area (Å²) in [5.74, 6) is -2.82. The van der Waals surface area contributed by atoms with E-state index in [1.165, 1.54) is 43.5 Å². The second-order valence-electron chi connectivity index (χ2n) is 5.56. The minimum Gasteiger partial charge on any atom is -0.504 e. The van der Waals surface area contributed by atoms with Gasteiger partial charge in [0.05, 0.1) is 7.11 Å². The molecule has 0 aliphatic carbocycles. The van der Waals surface area contributed by atoms with Crippen LogP contribution in [0.2, 0.25) is 0 Å². The van der Waals surface area contributed by atoms with E-state index in [0.717, 1.165) is 6.08 Å². The Morgan fingerprint density at radius 1 is 1.04 bits per heavy atom. The third kappa shape index (κ3) is 5.40. The zero-order valence-electron chi connectivity index (χ0n) is 14.3. The van der Waals surface area contributed by atoms with E-state index in [2.05, 4.69) is 0 Å². The smallest absolute Gasteiger partial charge is 0.345 e. The van der Waals surface area contributed by atoms with Crippen molar-refractivity contribution in [1.82, 2.24) is 0 Å². The van der Waals surface area contributed by atoms with E-state index in [1.54, 1.807) is 6.07 Å². The monoisotopic (exact) mass is 374 g/mol. The summed E-state index contributed by atoms with van der Waals surface area (Å²) in [5.41, 5.74) is 0.857. The van der Waals surface area contributed by atoms with Crippen LogP contribution in [0.4, 0.5) is 0 Å². The molecule has 0 spiro atoms. The predicted octanol–water partition coefficient (Wildman–Crippen LogP) is 2.06. The number of carbonyl (C=O) groups excluding carboxylic acids is 1. The number of hydrogen-bond acceptors (Lipinski definition) is 7. The highest BCUT2D eigenvalue weighted by Gasteiger charge is 2.22. The standard InChI is InChI=1S/C19H18O8/c1-26-16-6-3-11(8-15(16)22)4-7-18(23)27-17(19(24)25)10-12-2-5-13(20)14(21)9-12/h2-9,17,20-22H,10H2,1H3,(H,24,25)/t17-/m1/s1. The van der Waals surface area contributed by atoms with Crippen molar-refractivity contribution < 1.29 is 39.5 Å². The molecule has 0 aliphatic rings. The molecule has 0 aromatic heterocycles. The molecule has 0 fully saturated rings. The molecule has 0 amide bonds. The topological polar surface area (TPSA) is 134 Å². The second kappa shape index (κ2) is 8.61. The highest BCUT2D eigenvalue weighted by molar-refractivity contribution is 5.89. The van der Waals surface area contributed by atoms with Crippen LogP contribution in [0.5, 0.6) is 23.0 Å². The first-order chi connectivity index (χ1) is 12.8. The SMILES string of the molecule is COc1ccc(C=CC(=O)O[C@H](Cc2ccc(O)c(O)c2)C(=O)O)cc1O. The number of rotatable bonds is 7. The van der Waals surface area contributed by atoms with Crippen LogP contribution in [0.3, 0.4) is 0 Å². The van der Waals surface area contributed by atoms with Gasteiger partial charge in [0.25, 0.3) is 0 Å². The molecule has 4 N–H and O–H groups in total. The van der Waals surface area contributed by atoms with E-state index >= 15 is 0 Å². The van der Waals surface area contributed by atoms with Crippen molar-refractivity contribution in [2.24, 2.45) is 0 Å². The molecule has 0 unspecified atom stereocenters. The molecular weight excluding hydrogens is 356 g/mol. The molecule has 0 aliphatic heterocycles. The molecule has 0 radical (unpaired) electrons. The second-order valence-corrected chi connectivity index (χ2v) is 5.56. The summed E-state index contributed by atoms with van der Waals surface area (Å²) in [6.45, 7) is 0. The first-order valence-electron chi connectivity index (χ1n) is 7.79. The fourth-order valence-electron chi connectivity index (χ4n) is 2.24. The first-order valence-corrected chi connectivity index (χ1v) is 7.79. The maximum absolute atomic E-state index is 11.9. The number of ether oxygens (including phenoxy) is 2. The van der Waals surface area contributed by atoms with Gasteiger partial charge in [0, 0.05) is 12.5 Å². The van der Waals surface area contributed by atoms with Gasteiger partial charge >= 0.3 is 11.9 Å². The number of carboxylic acid groups (broad SMARTS) is 1. The third-order valence-electron chi connectivity index (χ3n) is 3.61. The minimum absolute atomic E-state index is 0.108. The zero-order chi connectivity index (χ0) is 20.0. The molecule has 0 bridgehead atoms. The van der Waals surface area contributed by atoms with Crippen molar-refractivity contribution in [1.29, 1.82) is 0 Å². The molecule has 2 aromatic carbocycles. The van der Waals surface area contributed by atoms with Crippen molar-refractivity contribution in [3.05, 3.63) is 53.6 Å². The van der Waals surface area contributed by atoms with E-state index in [9.17, 15) is 30.0 Å². The Bertz CT molecular complexity index is 872. The van der Waals surface area contributed by atoms with Gasteiger partial charge in [-0.3, -0.25) is 0 Å². The average Bonchev–Trinajstić information content (AvgIpc) is 2.62. The van der Waals surface area contributed by atoms with Crippen LogP contribution in [0.25, 0.3) is 6.08 Å². The van der Waals surface area contributed by atoms with E-state index in [0.29, 0.717) is 11.1 Å². The highest BCUT2D eigenvalue weighted by Crippen LogP contribution is 2.27. The fraction of sp³-hybridized carbons (Fsp3) is 0.158. The summed E-state index contributed by atoms with van der Waals surface area (Å²) in [6, 6.07) is 8.29. The van der Waals surface area contributed by atoms with E-state index in [1.807, 2.05) is 0 Å². The number of methoxy groups -OCH3 is 1. The van der Waals surface area contributed by atoms with Gasteiger partial charge < -0.3 is 29.9 Å². The number of hydrogen-bond donors (Lipinski definition) is 4. The minimum atomic E-state index is -1.48. The molecule has 0 saturated carbocycles. The van der Waals surface area contributed by atoms with Crippen LogP contribution in [0, 0.1) is 0 Å². The van der Waals surface area contributed by atoms with Crippen molar-refractivity contribution in [3.8, 4) is 23.0 Å². The van der Waals surface area contributed by atoms with Crippen LogP contribution in [-0.4, -0.2) is 45.6 Å². The van der Waals surface area contributed by atoms with Gasteiger partial charge in [0.1, 0.15) is 0 Å². The van der Waals surface area contributed by atoms with Crippen LogP contribution in [0.15, 0.2) is 42.5 Å². The van der Waals surface area contributed by atoms with Crippen molar-refractivity contribution in [2.45, 2.75) is 12.5 Å². The molecular formula is C19H18O8. The van der Waals surface area contributed by atoms with E-state index in [4.69, 9.17) is 9.47 Å². The summed E-state index contributed by atoms with van der Waals surface area (Å²) >= 11 is 0. The molecule has 142 valence electrons. The molecule has 2 aromatic rings. The first kappa shape index (κ1) is 19.6. The van der Waals surface area contributed by atoms with Gasteiger partial charge in [-0.25, -0.2) is 9.59 Å². The quantitative estimate of drug-likeness (QED) is 0.329. The Balaban J connectivity index is 2.04. The van der Waals surface area contributed by atoms with Crippen molar-refractivity contribution in [2.75, 3.05) is 7.11 Å². The fourth-order valence-corrected chi connectivity index (χ4v) is 2.24. The lowest BCUT2D eigenvalue weighted by Crippen LogP contribution is -2.28. The molecule has 1 atom stereocenters. The summed E-state index contributed by atoms with van der Waals surface area (Å²) in [5, 5.41) is 37.7. The van der Waals surface area contributed by atoms with Gasteiger partial charge in [-0.2, -0.15) is 0 Å². The number of aromatic hydroxyl groups is 3.